The molecule has 0 aromatic heterocycles. The van der Waals surface area contributed by atoms with Crippen molar-refractivity contribution in [2.45, 2.75) is 45.1 Å². The first-order valence-electron chi connectivity index (χ1n) is 11.3. The summed E-state index contributed by atoms with van der Waals surface area (Å²) in [5.41, 5.74) is 3.43. The number of hydrogen-bond acceptors (Lipinski definition) is 4. The number of carbonyl (C=O) groups excluding carboxylic acids is 1. The average molecular weight is 556 g/mol. The number of ether oxygens (including phenoxy) is 1. The molecule has 1 heterocycles. The Bertz CT molecular complexity index is 1040. The molecule has 0 bridgehead atoms. The first-order chi connectivity index (χ1) is 15.8. The number of nitrogens with zero attached hydrogens (tertiary/aromatic N) is 1. The van der Waals surface area contributed by atoms with Gasteiger partial charge in [-0.2, -0.15) is 0 Å². The van der Waals surface area contributed by atoms with Crippen LogP contribution in [0.2, 0.25) is 0 Å². The summed E-state index contributed by atoms with van der Waals surface area (Å²) >= 11 is 2.32. The normalized spacial score (nSPS) is 24.4. The van der Waals surface area contributed by atoms with Crippen molar-refractivity contribution in [3.8, 4) is 0 Å². The molecule has 174 valence electrons. The Morgan fingerprint density at radius 1 is 1.18 bits per heavy atom. The molecule has 0 amide bonds. The lowest BCUT2D eigenvalue weighted by Gasteiger charge is -2.31. The van der Waals surface area contributed by atoms with E-state index < -0.39 is 0 Å². The van der Waals surface area contributed by atoms with Gasteiger partial charge in [-0.25, -0.2) is 0 Å². The second-order valence-corrected chi connectivity index (χ2v) is 9.94. The highest BCUT2D eigenvalue weighted by atomic mass is 127. The third-order valence-electron chi connectivity index (χ3n) is 5.80. The predicted octanol–water partition coefficient (Wildman–Crippen LogP) is 6.73. The van der Waals surface area contributed by atoms with Gasteiger partial charge in [-0.3, -0.25) is 7.91 Å². The number of halogens is 1. The number of nitrogens with one attached hydrogen (secondary N) is 1. The van der Waals surface area contributed by atoms with E-state index in [9.17, 15) is 4.79 Å². The lowest BCUT2D eigenvalue weighted by atomic mass is 9.81. The van der Waals surface area contributed by atoms with Crippen LogP contribution in [0.25, 0.3) is 0 Å². The fraction of sp³-hybridized carbons (Fsp3) is 0.321. The van der Waals surface area contributed by atoms with E-state index in [4.69, 9.17) is 4.74 Å². The van der Waals surface area contributed by atoms with Crippen molar-refractivity contribution in [2.75, 3.05) is 16.8 Å². The minimum absolute atomic E-state index is 0.0489. The highest BCUT2D eigenvalue weighted by Gasteiger charge is 2.27. The van der Waals surface area contributed by atoms with Gasteiger partial charge in [0.2, 0.25) is 0 Å². The van der Waals surface area contributed by atoms with Gasteiger partial charge < -0.3 is 10.1 Å². The number of allylic oxidation sites excluding steroid dienone is 9. The fourth-order valence-corrected chi connectivity index (χ4v) is 4.41. The Balaban J connectivity index is 2.02. The lowest BCUT2D eigenvalue weighted by Crippen LogP contribution is -2.38. The molecule has 2 aliphatic rings. The summed E-state index contributed by atoms with van der Waals surface area (Å²) in [7, 11) is 1.70. The van der Waals surface area contributed by atoms with Crippen LogP contribution >= 0.6 is 22.9 Å². The summed E-state index contributed by atoms with van der Waals surface area (Å²) in [4.78, 5) is 13.3. The molecule has 0 fully saturated rings. The molecule has 33 heavy (non-hydrogen) atoms. The van der Waals surface area contributed by atoms with Crippen molar-refractivity contribution in [3.63, 3.8) is 0 Å². The zero-order valence-corrected chi connectivity index (χ0v) is 22.0. The number of ketones is 1. The first kappa shape index (κ1) is 25.2. The summed E-state index contributed by atoms with van der Waals surface area (Å²) in [5, 5.41) is 3.62. The van der Waals surface area contributed by atoms with E-state index in [-0.39, 0.29) is 17.2 Å². The van der Waals surface area contributed by atoms with E-state index in [0.29, 0.717) is 11.1 Å². The molecule has 0 spiro atoms. The van der Waals surface area contributed by atoms with Gasteiger partial charge in [-0.15, -0.1) is 0 Å². The number of benzene rings is 1. The molecule has 0 radical (unpaired) electrons. The van der Waals surface area contributed by atoms with Crippen LogP contribution in [0.4, 0.5) is 5.69 Å². The van der Waals surface area contributed by atoms with Crippen molar-refractivity contribution >= 4 is 34.3 Å². The summed E-state index contributed by atoms with van der Waals surface area (Å²) < 4.78 is 7.57. The van der Waals surface area contributed by atoms with Crippen LogP contribution in [0.15, 0.2) is 90.4 Å². The maximum Gasteiger partial charge on any atom is 0.193 e. The summed E-state index contributed by atoms with van der Waals surface area (Å²) in [5.74, 6) is 0.901. The number of hydrogen-bond donors (Lipinski definition) is 1. The van der Waals surface area contributed by atoms with Crippen LogP contribution < -0.4 is 8.43 Å². The molecule has 5 heteroatoms. The maximum absolute atomic E-state index is 13.3. The maximum atomic E-state index is 13.3. The van der Waals surface area contributed by atoms with Gasteiger partial charge in [-0.05, 0) is 55.7 Å². The molecule has 0 saturated heterocycles. The third-order valence-corrected chi connectivity index (χ3v) is 6.65. The van der Waals surface area contributed by atoms with E-state index in [0.717, 1.165) is 36.4 Å². The third kappa shape index (κ3) is 6.81. The molecule has 1 N–H and O–H groups in total. The number of carbonyl (C=O) groups is 1. The Morgan fingerprint density at radius 2 is 2.00 bits per heavy atom. The van der Waals surface area contributed by atoms with Crippen LogP contribution in [0.5, 0.6) is 0 Å². The molecule has 3 rings (SSSR count). The average Bonchev–Trinajstić information content (AvgIpc) is 3.10. The summed E-state index contributed by atoms with van der Waals surface area (Å²) in [6.45, 7) is 7.33. The summed E-state index contributed by atoms with van der Waals surface area (Å²) in [6.07, 6.45) is 21.8. The van der Waals surface area contributed by atoms with E-state index in [1.54, 1.807) is 7.11 Å². The topological polar surface area (TPSA) is 41.6 Å². The van der Waals surface area contributed by atoms with Gasteiger partial charge >= 0.3 is 0 Å². The van der Waals surface area contributed by atoms with Crippen molar-refractivity contribution in [1.29, 1.82) is 0 Å². The fourth-order valence-electron chi connectivity index (χ4n) is 3.76. The Hall–Kier alpha value is -2.38. The van der Waals surface area contributed by atoms with Gasteiger partial charge in [-0.1, -0.05) is 56.4 Å². The van der Waals surface area contributed by atoms with Crippen molar-refractivity contribution in [2.24, 2.45) is 0 Å². The number of Topliss-reactive ketones (excluding diaryl/α,β-unsaturated/α-hetero) is 1. The van der Waals surface area contributed by atoms with E-state index in [2.05, 4.69) is 94.7 Å². The molecule has 1 aromatic rings. The zero-order chi connectivity index (χ0) is 23.8. The molecule has 1 aliphatic carbocycles. The van der Waals surface area contributed by atoms with Crippen molar-refractivity contribution < 1.29 is 9.53 Å². The number of anilines is 1. The summed E-state index contributed by atoms with van der Waals surface area (Å²) in [6, 6.07) is 6.24. The molecular weight excluding hydrogens is 523 g/mol. The smallest absolute Gasteiger partial charge is 0.193 e. The van der Waals surface area contributed by atoms with Crippen LogP contribution in [-0.4, -0.2) is 25.5 Å². The molecular formula is C28H33IN2O2. The molecule has 1 unspecified atom stereocenters. The van der Waals surface area contributed by atoms with Gasteiger partial charge in [0.15, 0.2) is 5.78 Å². The van der Waals surface area contributed by atoms with Gasteiger partial charge in [0.25, 0.3) is 0 Å². The molecule has 1 atom stereocenters. The number of methoxy groups -OCH3 is 1. The van der Waals surface area contributed by atoms with Crippen molar-refractivity contribution in [3.05, 3.63) is 102 Å². The predicted molar refractivity (Wildman–Crippen MR) is 147 cm³/mol. The highest BCUT2D eigenvalue weighted by Crippen LogP contribution is 2.36. The van der Waals surface area contributed by atoms with E-state index in [1.807, 2.05) is 36.4 Å². The lowest BCUT2D eigenvalue weighted by molar-refractivity contribution is 0.103. The minimum Gasteiger partial charge on any atom is -0.497 e. The molecule has 0 saturated carbocycles. The Morgan fingerprint density at radius 3 is 2.79 bits per heavy atom. The van der Waals surface area contributed by atoms with E-state index >= 15 is 0 Å². The second-order valence-electron chi connectivity index (χ2n) is 8.90. The van der Waals surface area contributed by atoms with Gasteiger partial charge in [0, 0.05) is 35.3 Å². The van der Waals surface area contributed by atoms with Gasteiger partial charge in [0.1, 0.15) is 5.76 Å². The minimum atomic E-state index is -0.206. The van der Waals surface area contributed by atoms with Crippen LogP contribution in [0.3, 0.4) is 0 Å². The second kappa shape index (κ2) is 11.7. The highest BCUT2D eigenvalue weighted by molar-refractivity contribution is 14.1. The largest absolute Gasteiger partial charge is 0.497 e. The van der Waals surface area contributed by atoms with Gasteiger partial charge in [0.05, 0.1) is 35.7 Å². The van der Waals surface area contributed by atoms with Crippen LogP contribution in [0, 0.1) is 0 Å². The molecule has 4 nitrogen and oxygen atoms in total. The van der Waals surface area contributed by atoms with Crippen LogP contribution in [0.1, 0.15) is 49.5 Å². The first-order valence-corrected chi connectivity index (χ1v) is 12.3. The molecule has 1 aliphatic heterocycles. The van der Waals surface area contributed by atoms with E-state index in [1.165, 1.54) is 0 Å². The monoisotopic (exact) mass is 556 g/mol. The SMILES string of the molecule is COC1=C/C/C=C\N(I)c2ccc(C(=O)C3=CC=CCC=C3)cc2C(C)(C)CNC(C)/C=C\1. The Labute approximate surface area is 212 Å². The molecule has 1 aromatic carbocycles. The Kier molecular flexibility index (Phi) is 8.92. The van der Waals surface area contributed by atoms with Crippen molar-refractivity contribution in [1.82, 2.24) is 5.32 Å². The number of fused-ring (bicyclic) bond motifs is 1. The quantitative estimate of drug-likeness (QED) is 0.255. The standard InChI is InChI=1S/C28H33IN2O2/c1-21-14-16-24(33-4)13-9-10-18-31(29)26-17-15-23(19-25(26)28(2,3)20-30-21)27(32)22-11-7-5-6-8-12-22/h5,7-8,10-19,21,30H,6,9,20H2,1-4H3/b16-14-,18-10-,24-13+. The van der Waals surface area contributed by atoms with Crippen LogP contribution in [-0.2, 0) is 10.2 Å². The zero-order valence-electron chi connectivity index (χ0n) is 19.8. The number of rotatable bonds is 3.